The van der Waals surface area contributed by atoms with Gasteiger partial charge in [0, 0.05) is 19.1 Å². The number of esters is 1. The minimum Gasteiger partial charge on any atom is -0.466 e. The Morgan fingerprint density at radius 1 is 1.32 bits per heavy atom. The standard InChI is InChI=1S/C13H22N2O4/c1-2-19-13(17)9-3-5-15(6-4-9)12(16)10-7-18-8-11(10)14/h9-11H,2-8,14H2,1H3. The van der Waals surface area contributed by atoms with Gasteiger partial charge >= 0.3 is 5.97 Å². The largest absolute Gasteiger partial charge is 0.466 e. The average Bonchev–Trinajstić information content (AvgIpc) is 2.84. The molecule has 108 valence electrons. The van der Waals surface area contributed by atoms with Crippen molar-refractivity contribution in [3.8, 4) is 0 Å². The van der Waals surface area contributed by atoms with Crippen LogP contribution in [0.5, 0.6) is 0 Å². The zero-order valence-corrected chi connectivity index (χ0v) is 11.3. The van der Waals surface area contributed by atoms with E-state index in [1.165, 1.54) is 0 Å². The summed E-state index contributed by atoms with van der Waals surface area (Å²) >= 11 is 0. The lowest BCUT2D eigenvalue weighted by atomic mass is 9.95. The molecule has 6 nitrogen and oxygen atoms in total. The van der Waals surface area contributed by atoms with Gasteiger partial charge in [0.25, 0.3) is 0 Å². The third-order valence-corrected chi connectivity index (χ3v) is 3.87. The quantitative estimate of drug-likeness (QED) is 0.716. The summed E-state index contributed by atoms with van der Waals surface area (Å²) in [5.74, 6) is -0.376. The lowest BCUT2D eigenvalue weighted by Crippen LogP contribution is -2.47. The molecule has 2 aliphatic heterocycles. The Morgan fingerprint density at radius 3 is 2.53 bits per heavy atom. The van der Waals surface area contributed by atoms with Crippen molar-refractivity contribution in [2.75, 3.05) is 32.9 Å². The van der Waals surface area contributed by atoms with Crippen molar-refractivity contribution in [3.05, 3.63) is 0 Å². The number of nitrogens with zero attached hydrogens (tertiary/aromatic N) is 1. The van der Waals surface area contributed by atoms with E-state index < -0.39 is 0 Å². The summed E-state index contributed by atoms with van der Waals surface area (Å²) in [5.41, 5.74) is 5.86. The molecular weight excluding hydrogens is 248 g/mol. The number of hydrogen-bond donors (Lipinski definition) is 1. The summed E-state index contributed by atoms with van der Waals surface area (Å²) in [6.45, 7) is 4.29. The van der Waals surface area contributed by atoms with Gasteiger partial charge in [-0.2, -0.15) is 0 Å². The normalized spacial score (nSPS) is 28.4. The fourth-order valence-corrected chi connectivity index (χ4v) is 2.66. The van der Waals surface area contributed by atoms with Gasteiger partial charge in [0.15, 0.2) is 0 Å². The monoisotopic (exact) mass is 270 g/mol. The number of piperidine rings is 1. The molecule has 0 spiro atoms. The second kappa shape index (κ2) is 6.34. The number of likely N-dealkylation sites (tertiary alicyclic amines) is 1. The van der Waals surface area contributed by atoms with Crippen molar-refractivity contribution >= 4 is 11.9 Å². The Bertz CT molecular complexity index is 340. The van der Waals surface area contributed by atoms with E-state index in [1.54, 1.807) is 11.8 Å². The Kier molecular flexibility index (Phi) is 4.76. The highest BCUT2D eigenvalue weighted by Gasteiger charge is 2.36. The molecule has 0 radical (unpaired) electrons. The SMILES string of the molecule is CCOC(=O)C1CCN(C(=O)C2COCC2N)CC1. The molecule has 0 bridgehead atoms. The van der Waals surface area contributed by atoms with Crippen molar-refractivity contribution in [2.45, 2.75) is 25.8 Å². The van der Waals surface area contributed by atoms with Crippen LogP contribution in [0.15, 0.2) is 0 Å². The molecule has 0 aromatic carbocycles. The van der Waals surface area contributed by atoms with Crippen LogP contribution in [0.1, 0.15) is 19.8 Å². The minimum atomic E-state index is -0.223. The lowest BCUT2D eigenvalue weighted by Gasteiger charge is -2.33. The predicted octanol–water partition coefficient (Wildman–Crippen LogP) is -0.238. The molecule has 0 aromatic heterocycles. The Hall–Kier alpha value is -1.14. The molecule has 2 unspecified atom stereocenters. The molecule has 2 fully saturated rings. The van der Waals surface area contributed by atoms with Crippen molar-refractivity contribution in [2.24, 2.45) is 17.6 Å². The van der Waals surface area contributed by atoms with Crippen LogP contribution in [0.25, 0.3) is 0 Å². The Morgan fingerprint density at radius 2 is 2.00 bits per heavy atom. The molecular formula is C13H22N2O4. The van der Waals surface area contributed by atoms with E-state index in [0.717, 1.165) is 0 Å². The summed E-state index contributed by atoms with van der Waals surface area (Å²) in [4.78, 5) is 25.7. The van der Waals surface area contributed by atoms with E-state index >= 15 is 0 Å². The zero-order chi connectivity index (χ0) is 13.8. The van der Waals surface area contributed by atoms with E-state index in [9.17, 15) is 9.59 Å². The van der Waals surface area contributed by atoms with Crippen LogP contribution in [-0.4, -0.2) is 55.7 Å². The summed E-state index contributed by atoms with van der Waals surface area (Å²) in [5, 5.41) is 0. The molecule has 6 heteroatoms. The second-order valence-corrected chi connectivity index (χ2v) is 5.16. The molecule has 1 amide bonds. The predicted molar refractivity (Wildman–Crippen MR) is 68.2 cm³/mol. The molecule has 19 heavy (non-hydrogen) atoms. The van der Waals surface area contributed by atoms with Crippen molar-refractivity contribution in [1.29, 1.82) is 0 Å². The van der Waals surface area contributed by atoms with Crippen LogP contribution in [0.3, 0.4) is 0 Å². The van der Waals surface area contributed by atoms with E-state index in [2.05, 4.69) is 0 Å². The first-order valence-electron chi connectivity index (χ1n) is 6.92. The van der Waals surface area contributed by atoms with Crippen molar-refractivity contribution < 1.29 is 19.1 Å². The molecule has 0 aromatic rings. The zero-order valence-electron chi connectivity index (χ0n) is 11.3. The van der Waals surface area contributed by atoms with Crippen LogP contribution in [-0.2, 0) is 19.1 Å². The van der Waals surface area contributed by atoms with Gasteiger partial charge in [0.1, 0.15) is 0 Å². The van der Waals surface area contributed by atoms with Crippen LogP contribution in [0.2, 0.25) is 0 Å². The molecule has 2 atom stereocenters. The molecule has 2 aliphatic rings. The molecule has 0 aliphatic carbocycles. The highest BCUT2D eigenvalue weighted by Crippen LogP contribution is 2.22. The number of carbonyl (C=O) groups is 2. The maximum atomic E-state index is 12.3. The molecule has 2 heterocycles. The highest BCUT2D eigenvalue weighted by atomic mass is 16.5. The van der Waals surface area contributed by atoms with Gasteiger partial charge in [-0.3, -0.25) is 9.59 Å². The van der Waals surface area contributed by atoms with Crippen molar-refractivity contribution in [3.63, 3.8) is 0 Å². The first-order chi connectivity index (χ1) is 9.13. The highest BCUT2D eigenvalue weighted by molar-refractivity contribution is 5.80. The van der Waals surface area contributed by atoms with E-state index in [1.807, 2.05) is 0 Å². The lowest BCUT2D eigenvalue weighted by molar-refractivity contribution is -0.151. The second-order valence-electron chi connectivity index (χ2n) is 5.16. The van der Waals surface area contributed by atoms with Crippen LogP contribution in [0.4, 0.5) is 0 Å². The number of hydrogen-bond acceptors (Lipinski definition) is 5. The van der Waals surface area contributed by atoms with Crippen LogP contribution in [0, 0.1) is 11.8 Å². The topological polar surface area (TPSA) is 81.9 Å². The third-order valence-electron chi connectivity index (χ3n) is 3.87. The first-order valence-corrected chi connectivity index (χ1v) is 6.92. The van der Waals surface area contributed by atoms with E-state index in [4.69, 9.17) is 15.2 Å². The maximum Gasteiger partial charge on any atom is 0.309 e. The van der Waals surface area contributed by atoms with Gasteiger partial charge in [-0.1, -0.05) is 0 Å². The van der Waals surface area contributed by atoms with Crippen LogP contribution >= 0.6 is 0 Å². The van der Waals surface area contributed by atoms with Gasteiger partial charge in [0.05, 0.1) is 31.7 Å². The Balaban J connectivity index is 1.82. The Labute approximate surface area is 113 Å². The molecule has 2 N–H and O–H groups in total. The van der Waals surface area contributed by atoms with Gasteiger partial charge in [0.2, 0.25) is 5.91 Å². The van der Waals surface area contributed by atoms with Gasteiger partial charge < -0.3 is 20.1 Å². The smallest absolute Gasteiger partial charge is 0.309 e. The summed E-state index contributed by atoms with van der Waals surface area (Å²) in [6, 6.07) is -0.199. The summed E-state index contributed by atoms with van der Waals surface area (Å²) in [7, 11) is 0. The van der Waals surface area contributed by atoms with Crippen LogP contribution < -0.4 is 5.73 Å². The number of ether oxygens (including phenoxy) is 2. The minimum absolute atomic E-state index is 0.0623. The van der Waals surface area contributed by atoms with Gasteiger partial charge in [-0.05, 0) is 19.8 Å². The number of rotatable bonds is 3. The van der Waals surface area contributed by atoms with E-state index in [0.29, 0.717) is 45.8 Å². The first kappa shape index (κ1) is 14.3. The fraction of sp³-hybridized carbons (Fsp3) is 0.846. The third kappa shape index (κ3) is 3.25. The summed E-state index contributed by atoms with van der Waals surface area (Å²) in [6.07, 6.45) is 1.35. The maximum absolute atomic E-state index is 12.3. The molecule has 0 saturated carbocycles. The average molecular weight is 270 g/mol. The number of carbonyl (C=O) groups excluding carboxylic acids is 2. The number of nitrogens with two attached hydrogens (primary N) is 1. The summed E-state index contributed by atoms with van der Waals surface area (Å²) < 4.78 is 10.2. The molecule has 2 saturated heterocycles. The van der Waals surface area contributed by atoms with Gasteiger partial charge in [-0.25, -0.2) is 0 Å². The van der Waals surface area contributed by atoms with Gasteiger partial charge in [-0.15, -0.1) is 0 Å². The fourth-order valence-electron chi connectivity index (χ4n) is 2.66. The van der Waals surface area contributed by atoms with E-state index in [-0.39, 0.29) is 29.8 Å². The van der Waals surface area contributed by atoms with Crippen molar-refractivity contribution in [1.82, 2.24) is 4.90 Å². The number of amides is 1. The molecule has 2 rings (SSSR count).